The van der Waals surface area contributed by atoms with Gasteiger partial charge in [0.25, 0.3) is 5.56 Å². The highest BCUT2D eigenvalue weighted by Gasteiger charge is 2.10. The maximum absolute atomic E-state index is 12.2. The van der Waals surface area contributed by atoms with E-state index in [-0.39, 0.29) is 11.6 Å². The van der Waals surface area contributed by atoms with E-state index in [1.54, 1.807) is 18.3 Å². The monoisotopic (exact) mass is 430 g/mol. The summed E-state index contributed by atoms with van der Waals surface area (Å²) in [5.41, 5.74) is 2.07. The number of anilines is 1. The first kappa shape index (κ1) is 20.7. The van der Waals surface area contributed by atoms with Crippen molar-refractivity contribution in [3.63, 3.8) is 0 Å². The molecule has 142 valence electrons. The number of nitrogens with zero attached hydrogens (tertiary/aromatic N) is 3. The fraction of sp³-hybridized carbons (Fsp3) is 0.350. The van der Waals surface area contributed by atoms with Gasteiger partial charge in [0.15, 0.2) is 0 Å². The highest BCUT2D eigenvalue weighted by Crippen LogP contribution is 2.21. The molecule has 0 saturated heterocycles. The van der Waals surface area contributed by atoms with Gasteiger partial charge in [-0.2, -0.15) is 10.4 Å². The van der Waals surface area contributed by atoms with E-state index in [0.717, 1.165) is 17.7 Å². The Morgan fingerprint density at radius 1 is 1.48 bits per heavy atom. The van der Waals surface area contributed by atoms with Crippen molar-refractivity contribution in [2.75, 3.05) is 18.5 Å². The minimum Gasteiger partial charge on any atom is -0.493 e. The summed E-state index contributed by atoms with van der Waals surface area (Å²) >= 11 is 3.34. The number of hydrogen-bond donors (Lipinski definition) is 1. The standard InChI is InChI=1S/C20H23BrN4O2/c1-4-6-16-11-15(12-22)7-8-18(16)27-10-5-9-23-17-13-24-25(14(2)3)20(26)19(17)21/h4,7-8,11,13-14,23H,1,5-6,9-10H2,2-3H3. The largest absolute Gasteiger partial charge is 0.493 e. The topological polar surface area (TPSA) is 79.9 Å². The summed E-state index contributed by atoms with van der Waals surface area (Å²) in [6.07, 6.45) is 4.82. The molecule has 1 aromatic carbocycles. The molecule has 0 atom stereocenters. The zero-order valence-corrected chi connectivity index (χ0v) is 17.1. The van der Waals surface area contributed by atoms with Crippen LogP contribution in [0.3, 0.4) is 0 Å². The van der Waals surface area contributed by atoms with Crippen LogP contribution < -0.4 is 15.6 Å². The number of hydrogen-bond acceptors (Lipinski definition) is 5. The van der Waals surface area contributed by atoms with E-state index in [1.807, 2.05) is 26.0 Å². The molecule has 6 nitrogen and oxygen atoms in total. The quantitative estimate of drug-likeness (QED) is 0.478. The van der Waals surface area contributed by atoms with Gasteiger partial charge < -0.3 is 10.1 Å². The van der Waals surface area contributed by atoms with Gasteiger partial charge in [-0.3, -0.25) is 4.79 Å². The van der Waals surface area contributed by atoms with Crippen LogP contribution in [0.5, 0.6) is 5.75 Å². The third kappa shape index (κ3) is 5.44. The number of allylic oxidation sites excluding steroid dienone is 1. The summed E-state index contributed by atoms with van der Waals surface area (Å²) in [6.45, 7) is 8.71. The molecule has 0 fully saturated rings. The molecule has 0 bridgehead atoms. The Morgan fingerprint density at radius 3 is 2.93 bits per heavy atom. The summed E-state index contributed by atoms with van der Waals surface area (Å²) in [4.78, 5) is 12.2. The van der Waals surface area contributed by atoms with Gasteiger partial charge >= 0.3 is 0 Å². The molecule has 0 spiro atoms. The van der Waals surface area contributed by atoms with Crippen LogP contribution in [0.2, 0.25) is 0 Å². The van der Waals surface area contributed by atoms with Crippen LogP contribution >= 0.6 is 15.9 Å². The summed E-state index contributed by atoms with van der Waals surface area (Å²) in [5.74, 6) is 0.760. The van der Waals surface area contributed by atoms with Crippen LogP contribution in [0.4, 0.5) is 5.69 Å². The molecule has 1 heterocycles. The first-order valence-corrected chi connectivity index (χ1v) is 9.55. The Bertz CT molecular complexity index is 900. The van der Waals surface area contributed by atoms with Crippen molar-refractivity contribution < 1.29 is 4.74 Å². The molecule has 0 unspecified atom stereocenters. The maximum atomic E-state index is 12.2. The Balaban J connectivity index is 1.90. The third-order valence-corrected chi connectivity index (χ3v) is 4.65. The average Bonchev–Trinajstić information content (AvgIpc) is 2.65. The van der Waals surface area contributed by atoms with E-state index in [2.05, 4.69) is 39.0 Å². The van der Waals surface area contributed by atoms with Gasteiger partial charge in [0.05, 0.1) is 36.2 Å². The van der Waals surface area contributed by atoms with Crippen molar-refractivity contribution in [3.8, 4) is 11.8 Å². The van der Waals surface area contributed by atoms with Gasteiger partial charge in [-0.1, -0.05) is 6.08 Å². The predicted molar refractivity (Wildman–Crippen MR) is 110 cm³/mol. The van der Waals surface area contributed by atoms with Gasteiger partial charge in [-0.25, -0.2) is 4.68 Å². The molecule has 2 aromatic rings. The van der Waals surface area contributed by atoms with Crippen molar-refractivity contribution in [2.45, 2.75) is 32.7 Å². The SMILES string of the molecule is C=CCc1cc(C#N)ccc1OCCCNc1cnn(C(C)C)c(=O)c1Br. The Labute approximate surface area is 167 Å². The lowest BCUT2D eigenvalue weighted by Gasteiger charge is -2.13. The molecule has 2 rings (SSSR count). The van der Waals surface area contributed by atoms with Gasteiger partial charge in [0.2, 0.25) is 0 Å². The Kier molecular flexibility index (Phi) is 7.62. The number of nitrogens with one attached hydrogen (secondary N) is 1. The van der Waals surface area contributed by atoms with Crippen LogP contribution in [0, 0.1) is 11.3 Å². The molecule has 1 aromatic heterocycles. The smallest absolute Gasteiger partial charge is 0.283 e. The van der Waals surface area contributed by atoms with Crippen molar-refractivity contribution in [1.82, 2.24) is 9.78 Å². The van der Waals surface area contributed by atoms with Crippen molar-refractivity contribution in [1.29, 1.82) is 5.26 Å². The summed E-state index contributed by atoms with van der Waals surface area (Å²) in [6, 6.07) is 7.52. The van der Waals surface area contributed by atoms with Gasteiger partial charge in [-0.15, -0.1) is 6.58 Å². The minimum atomic E-state index is -0.155. The molecule has 0 aliphatic heterocycles. The molecule has 0 aliphatic carbocycles. The van der Waals surface area contributed by atoms with E-state index in [4.69, 9.17) is 10.00 Å². The second-order valence-corrected chi connectivity index (χ2v) is 7.06. The molecule has 1 N–H and O–H groups in total. The summed E-state index contributed by atoms with van der Waals surface area (Å²) < 4.78 is 7.76. The molecule has 0 radical (unpaired) electrons. The van der Waals surface area contributed by atoms with Crippen LogP contribution in [0.15, 0.2) is 46.3 Å². The Hall–Kier alpha value is -2.59. The first-order chi connectivity index (χ1) is 13.0. The molecule has 7 heteroatoms. The van der Waals surface area contributed by atoms with E-state index in [0.29, 0.717) is 35.3 Å². The first-order valence-electron chi connectivity index (χ1n) is 8.75. The van der Waals surface area contributed by atoms with E-state index >= 15 is 0 Å². The third-order valence-electron chi connectivity index (χ3n) is 3.88. The number of halogens is 1. The van der Waals surface area contributed by atoms with Crippen LogP contribution in [0.25, 0.3) is 0 Å². The van der Waals surface area contributed by atoms with Crippen LogP contribution in [-0.2, 0) is 6.42 Å². The van der Waals surface area contributed by atoms with E-state index < -0.39 is 0 Å². The van der Waals surface area contributed by atoms with Crippen molar-refractivity contribution in [3.05, 3.63) is 63.0 Å². The lowest BCUT2D eigenvalue weighted by molar-refractivity contribution is 0.312. The Morgan fingerprint density at radius 2 is 2.26 bits per heavy atom. The fourth-order valence-corrected chi connectivity index (χ4v) is 2.94. The average molecular weight is 431 g/mol. The minimum absolute atomic E-state index is 0.00781. The second-order valence-electron chi connectivity index (χ2n) is 6.27. The molecule has 0 amide bonds. The molecule has 27 heavy (non-hydrogen) atoms. The van der Waals surface area contributed by atoms with Gasteiger partial charge in [0.1, 0.15) is 10.2 Å². The lowest BCUT2D eigenvalue weighted by Crippen LogP contribution is -2.26. The molecular formula is C20H23BrN4O2. The van der Waals surface area contributed by atoms with Crippen molar-refractivity contribution in [2.24, 2.45) is 0 Å². The van der Waals surface area contributed by atoms with E-state index in [1.165, 1.54) is 4.68 Å². The molecular weight excluding hydrogens is 408 g/mol. The summed E-state index contributed by atoms with van der Waals surface area (Å²) in [5, 5.41) is 16.4. The number of rotatable bonds is 9. The van der Waals surface area contributed by atoms with E-state index in [9.17, 15) is 4.79 Å². The number of nitriles is 1. The highest BCUT2D eigenvalue weighted by atomic mass is 79.9. The highest BCUT2D eigenvalue weighted by molar-refractivity contribution is 9.10. The fourth-order valence-electron chi connectivity index (χ4n) is 2.52. The predicted octanol–water partition coefficient (Wildman–Crippen LogP) is 4.07. The zero-order chi connectivity index (χ0) is 19.8. The van der Waals surface area contributed by atoms with Crippen LogP contribution in [-0.4, -0.2) is 22.9 Å². The number of benzene rings is 1. The second kappa shape index (κ2) is 9.93. The van der Waals surface area contributed by atoms with Crippen molar-refractivity contribution >= 4 is 21.6 Å². The lowest BCUT2D eigenvalue weighted by atomic mass is 10.1. The number of aromatic nitrogens is 2. The normalized spacial score (nSPS) is 10.5. The zero-order valence-electron chi connectivity index (χ0n) is 15.5. The molecule has 0 aliphatic rings. The maximum Gasteiger partial charge on any atom is 0.283 e. The van der Waals surface area contributed by atoms with Crippen LogP contribution in [0.1, 0.15) is 37.4 Å². The number of ether oxygens (including phenoxy) is 1. The summed E-state index contributed by atoms with van der Waals surface area (Å²) in [7, 11) is 0. The van der Waals surface area contributed by atoms with Gasteiger partial charge in [0, 0.05) is 6.54 Å². The van der Waals surface area contributed by atoms with Gasteiger partial charge in [-0.05, 0) is 66.4 Å². The molecule has 0 saturated carbocycles.